The summed E-state index contributed by atoms with van der Waals surface area (Å²) in [5.41, 5.74) is 5.22. The Morgan fingerprint density at radius 3 is 1.70 bits per heavy atom. The first kappa shape index (κ1) is 17.4. The first-order valence-corrected chi connectivity index (χ1v) is 9.40. The van der Waals surface area contributed by atoms with Crippen LogP contribution in [-0.4, -0.2) is 28.6 Å². The summed E-state index contributed by atoms with van der Waals surface area (Å²) < 4.78 is 17.9. The van der Waals surface area contributed by atoms with Gasteiger partial charge in [0.15, 0.2) is 0 Å². The number of benzene rings is 1. The molecular formula is C16H28O3Si. The quantitative estimate of drug-likeness (QED) is 0.684. The van der Waals surface area contributed by atoms with Crippen LogP contribution < -0.4 is 0 Å². The van der Waals surface area contributed by atoms with E-state index in [1.54, 1.807) is 0 Å². The second kappa shape index (κ2) is 7.93. The second-order valence-electron chi connectivity index (χ2n) is 4.96. The average Bonchev–Trinajstić information content (AvgIpc) is 2.40. The summed E-state index contributed by atoms with van der Waals surface area (Å²) >= 11 is 0. The Hall–Kier alpha value is -0.683. The van der Waals surface area contributed by atoms with Gasteiger partial charge in [-0.2, -0.15) is 0 Å². The smallest absolute Gasteiger partial charge is 0.374 e. The maximum absolute atomic E-state index is 5.96. The van der Waals surface area contributed by atoms with Crippen molar-refractivity contribution >= 4 is 8.80 Å². The lowest BCUT2D eigenvalue weighted by Crippen LogP contribution is -2.49. The molecule has 114 valence electrons. The molecule has 1 rings (SSSR count). The molecule has 0 unspecified atom stereocenters. The van der Waals surface area contributed by atoms with Crippen LogP contribution in [0.15, 0.2) is 12.1 Å². The molecule has 0 N–H and O–H groups in total. The highest BCUT2D eigenvalue weighted by atomic mass is 28.4. The van der Waals surface area contributed by atoms with Crippen LogP contribution in [0.4, 0.5) is 0 Å². The molecule has 1 aromatic rings. The highest BCUT2D eigenvalue weighted by Gasteiger charge is 2.41. The molecule has 0 aliphatic rings. The summed E-state index contributed by atoms with van der Waals surface area (Å²) in [6, 6.07) is 5.09. The fraction of sp³-hybridized carbons (Fsp3) is 0.625. The summed E-state index contributed by atoms with van der Waals surface area (Å²) in [5.74, 6) is 0. The van der Waals surface area contributed by atoms with Crippen molar-refractivity contribution in [1.29, 1.82) is 0 Å². The maximum Gasteiger partial charge on any atom is 0.505 e. The maximum atomic E-state index is 5.96. The van der Waals surface area contributed by atoms with Crippen LogP contribution in [0.25, 0.3) is 0 Å². The van der Waals surface area contributed by atoms with Gasteiger partial charge in [-0.3, -0.25) is 0 Å². The minimum absolute atomic E-state index is 0.621. The minimum atomic E-state index is -2.62. The van der Waals surface area contributed by atoms with Crippen molar-refractivity contribution < 1.29 is 13.3 Å². The van der Waals surface area contributed by atoms with E-state index in [0.717, 1.165) is 6.04 Å². The van der Waals surface area contributed by atoms with Gasteiger partial charge in [-0.25, -0.2) is 0 Å². The van der Waals surface area contributed by atoms with Gasteiger partial charge in [-0.15, -0.1) is 0 Å². The summed E-state index contributed by atoms with van der Waals surface area (Å²) in [4.78, 5) is 0. The monoisotopic (exact) mass is 296 g/mol. The lowest BCUT2D eigenvalue weighted by Gasteiger charge is -2.29. The van der Waals surface area contributed by atoms with E-state index < -0.39 is 8.80 Å². The molecule has 0 bridgehead atoms. The van der Waals surface area contributed by atoms with Crippen molar-refractivity contribution in [3.05, 3.63) is 34.4 Å². The first-order chi connectivity index (χ1) is 9.49. The molecule has 0 heterocycles. The number of aryl methyl sites for hydroxylation is 2. The molecule has 0 aliphatic carbocycles. The van der Waals surface area contributed by atoms with Gasteiger partial charge in [0.1, 0.15) is 0 Å². The Morgan fingerprint density at radius 2 is 1.25 bits per heavy atom. The molecule has 3 nitrogen and oxygen atoms in total. The van der Waals surface area contributed by atoms with E-state index in [1.807, 2.05) is 20.8 Å². The summed E-state index contributed by atoms with van der Waals surface area (Å²) in [6.07, 6.45) is 0. The fourth-order valence-electron chi connectivity index (χ4n) is 2.44. The SMILES string of the molecule is CCO[Si](Cc1c(C)ccc(C)c1C)(OCC)OCC. The third kappa shape index (κ3) is 4.15. The molecule has 0 fully saturated rings. The average molecular weight is 296 g/mol. The molecule has 0 atom stereocenters. The third-order valence-corrected chi connectivity index (χ3v) is 6.56. The van der Waals surface area contributed by atoms with Crippen molar-refractivity contribution in [1.82, 2.24) is 0 Å². The lowest BCUT2D eigenvalue weighted by molar-refractivity contribution is 0.0703. The zero-order valence-electron chi connectivity index (χ0n) is 13.7. The van der Waals surface area contributed by atoms with E-state index in [9.17, 15) is 0 Å². The zero-order chi connectivity index (χ0) is 15.2. The molecule has 20 heavy (non-hydrogen) atoms. The molecule has 1 aromatic carbocycles. The van der Waals surface area contributed by atoms with Crippen LogP contribution >= 0.6 is 0 Å². The van der Waals surface area contributed by atoms with Crippen LogP contribution in [0.5, 0.6) is 0 Å². The van der Waals surface area contributed by atoms with Gasteiger partial charge in [-0.05, 0) is 63.8 Å². The van der Waals surface area contributed by atoms with Crippen LogP contribution in [0.1, 0.15) is 43.0 Å². The Bertz CT molecular complexity index is 415. The van der Waals surface area contributed by atoms with Crippen LogP contribution in [0.3, 0.4) is 0 Å². The molecular weight excluding hydrogens is 268 g/mol. The molecule has 0 saturated carbocycles. The van der Waals surface area contributed by atoms with Crippen LogP contribution in [0.2, 0.25) is 0 Å². The lowest BCUT2D eigenvalue weighted by atomic mass is 10.00. The Labute approximate surface area is 124 Å². The molecule has 0 spiro atoms. The Balaban J connectivity index is 3.14. The predicted molar refractivity (Wildman–Crippen MR) is 85.0 cm³/mol. The standard InChI is InChI=1S/C16H28O3Si/c1-7-17-20(18-8-2,19-9-3)12-16-14(5)11-10-13(4)15(16)6/h10-11H,7-9,12H2,1-6H3. The molecule has 0 saturated heterocycles. The second-order valence-corrected chi connectivity index (χ2v) is 7.55. The molecule has 0 radical (unpaired) electrons. The van der Waals surface area contributed by atoms with Crippen LogP contribution in [0, 0.1) is 20.8 Å². The Kier molecular flexibility index (Phi) is 6.89. The van der Waals surface area contributed by atoms with Gasteiger partial charge in [0, 0.05) is 25.9 Å². The van der Waals surface area contributed by atoms with Gasteiger partial charge < -0.3 is 13.3 Å². The Morgan fingerprint density at radius 1 is 0.800 bits per heavy atom. The van der Waals surface area contributed by atoms with E-state index in [1.165, 1.54) is 22.3 Å². The number of hydrogen-bond donors (Lipinski definition) is 0. The topological polar surface area (TPSA) is 27.7 Å². The van der Waals surface area contributed by atoms with E-state index in [4.69, 9.17) is 13.3 Å². The molecule has 0 aromatic heterocycles. The molecule has 0 aliphatic heterocycles. The van der Waals surface area contributed by atoms with Crippen molar-refractivity contribution in [3.8, 4) is 0 Å². The highest BCUT2D eigenvalue weighted by molar-refractivity contribution is 6.60. The van der Waals surface area contributed by atoms with E-state index >= 15 is 0 Å². The number of rotatable bonds is 8. The summed E-state index contributed by atoms with van der Waals surface area (Å²) in [7, 11) is -2.62. The molecule has 4 heteroatoms. The van der Waals surface area contributed by atoms with Gasteiger partial charge in [0.05, 0.1) is 0 Å². The predicted octanol–water partition coefficient (Wildman–Crippen LogP) is 3.74. The van der Waals surface area contributed by atoms with E-state index in [2.05, 4.69) is 32.9 Å². The zero-order valence-corrected chi connectivity index (χ0v) is 14.7. The number of hydrogen-bond acceptors (Lipinski definition) is 3. The van der Waals surface area contributed by atoms with Crippen molar-refractivity contribution in [3.63, 3.8) is 0 Å². The largest absolute Gasteiger partial charge is 0.505 e. The van der Waals surface area contributed by atoms with E-state index in [-0.39, 0.29) is 0 Å². The van der Waals surface area contributed by atoms with Gasteiger partial charge in [0.2, 0.25) is 0 Å². The van der Waals surface area contributed by atoms with Crippen molar-refractivity contribution in [2.24, 2.45) is 0 Å². The summed E-state index contributed by atoms with van der Waals surface area (Å²) in [6.45, 7) is 14.3. The summed E-state index contributed by atoms with van der Waals surface area (Å²) in [5, 5.41) is 0. The first-order valence-electron chi connectivity index (χ1n) is 7.47. The van der Waals surface area contributed by atoms with Crippen molar-refractivity contribution in [2.75, 3.05) is 19.8 Å². The third-order valence-electron chi connectivity index (χ3n) is 3.59. The van der Waals surface area contributed by atoms with Crippen LogP contribution in [-0.2, 0) is 19.3 Å². The van der Waals surface area contributed by atoms with E-state index in [0.29, 0.717) is 19.8 Å². The normalized spacial score (nSPS) is 11.9. The van der Waals surface area contributed by atoms with Gasteiger partial charge in [0.25, 0.3) is 0 Å². The van der Waals surface area contributed by atoms with Crippen molar-refractivity contribution in [2.45, 2.75) is 47.6 Å². The minimum Gasteiger partial charge on any atom is -0.374 e. The fourth-order valence-corrected chi connectivity index (χ4v) is 5.29. The molecule has 0 amide bonds. The van der Waals surface area contributed by atoms with Gasteiger partial charge in [-0.1, -0.05) is 12.1 Å². The van der Waals surface area contributed by atoms with Gasteiger partial charge >= 0.3 is 8.80 Å². The highest BCUT2D eigenvalue weighted by Crippen LogP contribution is 2.24.